The minimum absolute atomic E-state index is 0.000519. The molecule has 1 rings (SSSR count). The monoisotopic (exact) mass is 260 g/mol. The van der Waals surface area contributed by atoms with E-state index in [-0.39, 0.29) is 37.5 Å². The van der Waals surface area contributed by atoms with Crippen LogP contribution in [-0.2, 0) is 14.3 Å². The second-order valence-electron chi connectivity index (χ2n) is 4.22. The summed E-state index contributed by atoms with van der Waals surface area (Å²) in [4.78, 5) is 22.8. The Labute approximate surface area is 106 Å². The third-order valence-corrected chi connectivity index (χ3v) is 2.92. The molecule has 1 saturated heterocycles. The smallest absolute Gasteiger partial charge is 0.326 e. The number of aliphatic hydroxyl groups excluding tert-OH is 1. The third kappa shape index (κ3) is 3.94. The van der Waals surface area contributed by atoms with E-state index in [1.807, 2.05) is 6.92 Å². The highest BCUT2D eigenvalue weighted by Gasteiger charge is 2.35. The zero-order chi connectivity index (χ0) is 13.5. The van der Waals surface area contributed by atoms with Gasteiger partial charge in [0, 0.05) is 19.1 Å². The number of carboxylic acid groups (broad SMARTS) is 1. The van der Waals surface area contributed by atoms with Gasteiger partial charge in [0.15, 0.2) is 0 Å². The van der Waals surface area contributed by atoms with Crippen LogP contribution >= 0.6 is 0 Å². The highest BCUT2D eigenvalue weighted by atomic mass is 16.5. The lowest BCUT2D eigenvalue weighted by Crippen LogP contribution is -2.49. The molecule has 1 fully saturated rings. The topological polar surface area (TPSA) is 108 Å². The molecule has 0 saturated carbocycles. The quantitative estimate of drug-likeness (QED) is 0.446. The van der Waals surface area contributed by atoms with E-state index in [1.54, 1.807) is 0 Å². The summed E-state index contributed by atoms with van der Waals surface area (Å²) in [7, 11) is 0. The van der Waals surface area contributed by atoms with Crippen molar-refractivity contribution in [3.05, 3.63) is 0 Å². The molecule has 104 valence electrons. The number of amides is 1. The van der Waals surface area contributed by atoms with Crippen LogP contribution in [0.1, 0.15) is 13.3 Å². The number of carboxylic acids is 1. The van der Waals surface area contributed by atoms with Crippen LogP contribution in [0.3, 0.4) is 0 Å². The maximum absolute atomic E-state index is 11.9. The number of hydrogen-bond acceptors (Lipinski definition) is 5. The maximum Gasteiger partial charge on any atom is 0.326 e. The van der Waals surface area contributed by atoms with Crippen molar-refractivity contribution in [3.63, 3.8) is 0 Å². The zero-order valence-electron chi connectivity index (χ0n) is 10.4. The molecule has 7 heteroatoms. The van der Waals surface area contributed by atoms with Gasteiger partial charge in [-0.15, -0.1) is 0 Å². The molecule has 1 aliphatic rings. The average molecular weight is 260 g/mol. The Morgan fingerprint density at radius 1 is 1.44 bits per heavy atom. The Morgan fingerprint density at radius 3 is 2.72 bits per heavy atom. The fourth-order valence-electron chi connectivity index (χ4n) is 1.94. The largest absolute Gasteiger partial charge is 0.480 e. The summed E-state index contributed by atoms with van der Waals surface area (Å²) < 4.78 is 5.23. The molecule has 18 heavy (non-hydrogen) atoms. The van der Waals surface area contributed by atoms with Crippen molar-refractivity contribution >= 4 is 11.9 Å². The van der Waals surface area contributed by atoms with Crippen LogP contribution in [0.2, 0.25) is 0 Å². The van der Waals surface area contributed by atoms with Crippen LogP contribution in [0.4, 0.5) is 0 Å². The molecule has 3 atom stereocenters. The first kappa shape index (κ1) is 14.9. The van der Waals surface area contributed by atoms with Gasteiger partial charge in [-0.3, -0.25) is 4.79 Å². The molecular weight excluding hydrogens is 240 g/mol. The summed E-state index contributed by atoms with van der Waals surface area (Å²) in [5, 5.41) is 23.2. The van der Waals surface area contributed by atoms with Gasteiger partial charge in [0.1, 0.15) is 6.04 Å². The van der Waals surface area contributed by atoms with E-state index in [0.717, 1.165) is 6.54 Å². The Bertz CT molecular complexity index is 297. The van der Waals surface area contributed by atoms with Crippen LogP contribution in [0.15, 0.2) is 0 Å². The summed E-state index contributed by atoms with van der Waals surface area (Å²) in [5.41, 5.74) is 0. The van der Waals surface area contributed by atoms with E-state index in [9.17, 15) is 9.59 Å². The molecule has 2 unspecified atom stereocenters. The molecule has 7 nitrogen and oxygen atoms in total. The maximum atomic E-state index is 11.9. The van der Waals surface area contributed by atoms with Gasteiger partial charge in [0.2, 0.25) is 5.91 Å². The van der Waals surface area contributed by atoms with Gasteiger partial charge in [-0.2, -0.15) is 0 Å². The summed E-state index contributed by atoms with van der Waals surface area (Å²) in [5.74, 6) is -1.87. The molecule has 0 radical (unpaired) electrons. The fourth-order valence-corrected chi connectivity index (χ4v) is 1.94. The van der Waals surface area contributed by atoms with E-state index >= 15 is 0 Å². The number of hydrogen-bond donors (Lipinski definition) is 4. The van der Waals surface area contributed by atoms with Gasteiger partial charge in [-0.25, -0.2) is 4.79 Å². The molecule has 0 aromatic rings. The molecule has 1 aliphatic heterocycles. The minimum Gasteiger partial charge on any atom is -0.480 e. The lowest BCUT2D eigenvalue weighted by Gasteiger charge is -2.20. The first-order chi connectivity index (χ1) is 8.60. The van der Waals surface area contributed by atoms with Gasteiger partial charge in [-0.05, 0) is 6.54 Å². The number of aliphatic hydroxyl groups is 1. The first-order valence-electron chi connectivity index (χ1n) is 6.05. The summed E-state index contributed by atoms with van der Waals surface area (Å²) in [6.45, 7) is 3.10. The number of carbonyl (C=O) groups is 2. The molecule has 1 heterocycles. The Morgan fingerprint density at radius 2 is 2.17 bits per heavy atom. The number of ether oxygens (including phenoxy) is 1. The predicted molar refractivity (Wildman–Crippen MR) is 63.0 cm³/mol. The predicted octanol–water partition coefficient (Wildman–Crippen LogP) is -1.44. The van der Waals surface area contributed by atoms with Crippen LogP contribution in [-0.4, -0.2) is 60.5 Å². The number of carbonyl (C=O) groups excluding carboxylic acids is 1. The second kappa shape index (κ2) is 7.30. The highest BCUT2D eigenvalue weighted by molar-refractivity contribution is 5.85. The van der Waals surface area contributed by atoms with Gasteiger partial charge >= 0.3 is 5.97 Å². The minimum atomic E-state index is -1.14. The van der Waals surface area contributed by atoms with Gasteiger partial charge in [0.05, 0.1) is 19.1 Å². The molecule has 1 amide bonds. The fraction of sp³-hybridized carbons (Fsp3) is 0.818. The average Bonchev–Trinajstić information content (AvgIpc) is 2.77. The Kier molecular flexibility index (Phi) is 6.03. The molecule has 0 bridgehead atoms. The third-order valence-electron chi connectivity index (χ3n) is 2.92. The van der Waals surface area contributed by atoms with Crippen LogP contribution in [0, 0.1) is 5.92 Å². The van der Waals surface area contributed by atoms with E-state index < -0.39 is 12.0 Å². The first-order valence-corrected chi connectivity index (χ1v) is 6.05. The molecular formula is C11H20N2O5. The summed E-state index contributed by atoms with van der Waals surface area (Å²) >= 11 is 0. The lowest BCUT2D eigenvalue weighted by molar-refractivity contribution is -0.143. The van der Waals surface area contributed by atoms with Gasteiger partial charge in [0.25, 0.3) is 0 Å². The standard InChI is InChI=1S/C11H20N2O5/c1-2-12-9-6-18-5-7(9)10(15)13-8(3-4-14)11(16)17/h7-9,12,14H,2-6H2,1H3,(H,13,15)(H,16,17)/t7?,8-,9?/m0/s1. The number of nitrogens with one attached hydrogen (secondary N) is 2. The van der Waals surface area contributed by atoms with Crippen molar-refractivity contribution in [1.29, 1.82) is 0 Å². The SMILES string of the molecule is CCNC1COCC1C(=O)N[C@@H](CCO)C(=O)O. The highest BCUT2D eigenvalue weighted by Crippen LogP contribution is 2.14. The van der Waals surface area contributed by atoms with Crippen molar-refractivity contribution in [1.82, 2.24) is 10.6 Å². The second-order valence-corrected chi connectivity index (χ2v) is 4.22. The van der Waals surface area contributed by atoms with E-state index in [1.165, 1.54) is 0 Å². The number of rotatable bonds is 7. The van der Waals surface area contributed by atoms with Crippen molar-refractivity contribution in [2.75, 3.05) is 26.4 Å². The molecule has 0 aliphatic carbocycles. The molecule has 0 aromatic heterocycles. The van der Waals surface area contributed by atoms with Crippen LogP contribution < -0.4 is 10.6 Å². The summed E-state index contributed by atoms with van der Waals surface area (Å²) in [6.07, 6.45) is 0.000519. The lowest BCUT2D eigenvalue weighted by atomic mass is 10.0. The molecule has 4 N–H and O–H groups in total. The Hall–Kier alpha value is -1.18. The number of aliphatic carboxylic acids is 1. The molecule has 0 spiro atoms. The van der Waals surface area contributed by atoms with Crippen LogP contribution in [0.25, 0.3) is 0 Å². The van der Waals surface area contributed by atoms with E-state index in [2.05, 4.69) is 10.6 Å². The molecule has 0 aromatic carbocycles. The number of likely N-dealkylation sites (N-methyl/N-ethyl adjacent to an activating group) is 1. The van der Waals surface area contributed by atoms with Gasteiger partial charge in [-0.1, -0.05) is 6.92 Å². The van der Waals surface area contributed by atoms with E-state index in [0.29, 0.717) is 6.61 Å². The normalized spacial score (nSPS) is 24.8. The summed E-state index contributed by atoms with van der Waals surface area (Å²) in [6, 6.07) is -1.14. The Balaban J connectivity index is 2.54. The van der Waals surface area contributed by atoms with Crippen molar-refractivity contribution in [2.45, 2.75) is 25.4 Å². The van der Waals surface area contributed by atoms with E-state index in [4.69, 9.17) is 14.9 Å². The van der Waals surface area contributed by atoms with Crippen molar-refractivity contribution in [2.24, 2.45) is 5.92 Å². The van der Waals surface area contributed by atoms with Crippen molar-refractivity contribution < 1.29 is 24.5 Å². The van der Waals surface area contributed by atoms with Gasteiger partial charge < -0.3 is 25.6 Å². The van der Waals surface area contributed by atoms with Crippen molar-refractivity contribution in [3.8, 4) is 0 Å². The zero-order valence-corrected chi connectivity index (χ0v) is 10.4. The van der Waals surface area contributed by atoms with Crippen LogP contribution in [0.5, 0.6) is 0 Å².